The van der Waals surface area contributed by atoms with Crippen molar-refractivity contribution in [2.45, 2.75) is 6.42 Å². The fourth-order valence-electron chi connectivity index (χ4n) is 1.12. The molecule has 4 heteroatoms. The van der Waals surface area contributed by atoms with Crippen molar-refractivity contribution < 1.29 is 9.53 Å². The van der Waals surface area contributed by atoms with Gasteiger partial charge in [0.1, 0.15) is 5.75 Å². The molecule has 0 aliphatic carbocycles. The molecule has 0 aromatic heterocycles. The summed E-state index contributed by atoms with van der Waals surface area (Å²) in [5.74, 6) is 0.976. The summed E-state index contributed by atoms with van der Waals surface area (Å²) in [6.45, 7) is 0. The molecule has 14 heavy (non-hydrogen) atoms. The number of benzene rings is 1. The number of methoxy groups -OCH3 is 1. The minimum atomic E-state index is 0.0235. The number of Topliss-reactive ketones (excluding diaryl/α,β-unsaturated/α-hetero) is 1. The van der Waals surface area contributed by atoms with Gasteiger partial charge in [0.25, 0.3) is 0 Å². The van der Waals surface area contributed by atoms with Crippen LogP contribution in [0.2, 0.25) is 0 Å². The highest BCUT2D eigenvalue weighted by Gasteiger charge is 2.11. The van der Waals surface area contributed by atoms with Crippen molar-refractivity contribution in [3.05, 3.63) is 27.3 Å². The SMILES string of the molecule is COc1ccc(I)cc1C(=O)CCCl. The van der Waals surface area contributed by atoms with Gasteiger partial charge in [0.15, 0.2) is 5.78 Å². The standard InChI is InChI=1S/C10H10ClIO2/c1-14-10-3-2-7(12)6-8(10)9(13)4-5-11/h2-3,6H,4-5H2,1H3. The molecular weight excluding hydrogens is 314 g/mol. The van der Waals surface area contributed by atoms with Crippen LogP contribution in [-0.2, 0) is 0 Å². The monoisotopic (exact) mass is 324 g/mol. The summed E-state index contributed by atoms with van der Waals surface area (Å²) in [4.78, 5) is 11.6. The molecule has 0 saturated carbocycles. The molecule has 0 saturated heterocycles. The van der Waals surface area contributed by atoms with E-state index in [0.29, 0.717) is 23.6 Å². The predicted octanol–water partition coefficient (Wildman–Crippen LogP) is 3.11. The van der Waals surface area contributed by atoms with Gasteiger partial charge < -0.3 is 4.74 Å². The number of hydrogen-bond donors (Lipinski definition) is 0. The first-order valence-corrected chi connectivity index (χ1v) is 5.73. The van der Waals surface area contributed by atoms with Crippen LogP contribution in [0.15, 0.2) is 18.2 Å². The zero-order valence-electron chi connectivity index (χ0n) is 7.72. The maximum atomic E-state index is 11.6. The number of alkyl halides is 1. The maximum Gasteiger partial charge on any atom is 0.167 e. The van der Waals surface area contributed by atoms with E-state index in [1.807, 2.05) is 12.1 Å². The van der Waals surface area contributed by atoms with Crippen molar-refractivity contribution >= 4 is 40.0 Å². The van der Waals surface area contributed by atoms with Gasteiger partial charge in [-0.1, -0.05) is 0 Å². The van der Waals surface area contributed by atoms with Gasteiger partial charge in [-0.3, -0.25) is 4.79 Å². The molecule has 0 aliphatic rings. The van der Waals surface area contributed by atoms with E-state index in [9.17, 15) is 4.79 Å². The number of ether oxygens (including phenoxy) is 1. The van der Waals surface area contributed by atoms with Crippen LogP contribution in [0.25, 0.3) is 0 Å². The van der Waals surface area contributed by atoms with Crippen LogP contribution in [0.3, 0.4) is 0 Å². The van der Waals surface area contributed by atoms with Crippen molar-refractivity contribution in [2.75, 3.05) is 13.0 Å². The van der Waals surface area contributed by atoms with E-state index in [-0.39, 0.29) is 5.78 Å². The highest BCUT2D eigenvalue weighted by atomic mass is 127. The molecule has 1 aromatic carbocycles. The van der Waals surface area contributed by atoms with Crippen molar-refractivity contribution in [3.8, 4) is 5.75 Å². The van der Waals surface area contributed by atoms with Crippen LogP contribution in [-0.4, -0.2) is 18.8 Å². The lowest BCUT2D eigenvalue weighted by Gasteiger charge is -2.06. The van der Waals surface area contributed by atoms with Crippen LogP contribution in [0.1, 0.15) is 16.8 Å². The third-order valence-electron chi connectivity index (χ3n) is 1.78. The Labute approximate surface area is 102 Å². The Morgan fingerprint density at radius 3 is 2.86 bits per heavy atom. The molecule has 0 heterocycles. The van der Waals surface area contributed by atoms with Gasteiger partial charge in [-0.2, -0.15) is 0 Å². The molecule has 0 radical (unpaired) electrons. The Hall–Kier alpha value is -0.290. The molecule has 0 N–H and O–H groups in total. The summed E-state index contributed by atoms with van der Waals surface area (Å²) < 4.78 is 6.12. The van der Waals surface area contributed by atoms with E-state index >= 15 is 0 Å². The van der Waals surface area contributed by atoms with Gasteiger partial charge in [-0.15, -0.1) is 11.6 Å². The second kappa shape index (κ2) is 5.56. The fraction of sp³-hybridized carbons (Fsp3) is 0.300. The van der Waals surface area contributed by atoms with Gasteiger partial charge in [0, 0.05) is 15.9 Å². The zero-order chi connectivity index (χ0) is 10.6. The smallest absolute Gasteiger partial charge is 0.167 e. The minimum Gasteiger partial charge on any atom is -0.496 e. The largest absolute Gasteiger partial charge is 0.496 e. The molecule has 0 amide bonds. The van der Waals surface area contributed by atoms with Crippen molar-refractivity contribution in [2.24, 2.45) is 0 Å². The first kappa shape index (κ1) is 11.8. The highest BCUT2D eigenvalue weighted by molar-refractivity contribution is 14.1. The molecule has 0 aliphatic heterocycles. The molecule has 0 unspecified atom stereocenters. The summed E-state index contributed by atoms with van der Waals surface area (Å²) in [5.41, 5.74) is 0.611. The van der Waals surface area contributed by atoms with E-state index in [0.717, 1.165) is 3.57 Å². The van der Waals surface area contributed by atoms with Crippen LogP contribution in [0.5, 0.6) is 5.75 Å². The van der Waals surface area contributed by atoms with Crippen LogP contribution < -0.4 is 4.74 Å². The lowest BCUT2D eigenvalue weighted by molar-refractivity contribution is 0.0986. The molecule has 1 aromatic rings. The number of carbonyl (C=O) groups excluding carboxylic acids is 1. The number of rotatable bonds is 4. The van der Waals surface area contributed by atoms with Crippen LogP contribution >= 0.6 is 34.2 Å². The molecule has 76 valence electrons. The second-order valence-electron chi connectivity index (χ2n) is 2.71. The molecule has 0 spiro atoms. The molecule has 2 nitrogen and oxygen atoms in total. The van der Waals surface area contributed by atoms with Gasteiger partial charge in [0.05, 0.1) is 12.7 Å². The average Bonchev–Trinajstić information content (AvgIpc) is 2.18. The second-order valence-corrected chi connectivity index (χ2v) is 4.33. The number of carbonyl (C=O) groups is 1. The van der Waals surface area contributed by atoms with E-state index in [1.54, 1.807) is 13.2 Å². The first-order chi connectivity index (χ1) is 6.69. The number of halogens is 2. The molecule has 0 fully saturated rings. The normalized spacial score (nSPS) is 9.93. The van der Waals surface area contributed by atoms with Gasteiger partial charge >= 0.3 is 0 Å². The molecule has 0 atom stereocenters. The molecule has 0 bridgehead atoms. The molecule has 1 rings (SSSR count). The van der Waals surface area contributed by atoms with Crippen molar-refractivity contribution in [1.29, 1.82) is 0 Å². The zero-order valence-corrected chi connectivity index (χ0v) is 10.6. The summed E-state index contributed by atoms with van der Waals surface area (Å²) in [6.07, 6.45) is 0.345. The summed E-state index contributed by atoms with van der Waals surface area (Å²) in [5, 5.41) is 0. The summed E-state index contributed by atoms with van der Waals surface area (Å²) in [6, 6.07) is 5.51. The Balaban J connectivity index is 3.03. The Kier molecular flexibility index (Phi) is 4.68. The minimum absolute atomic E-state index is 0.0235. The number of hydrogen-bond acceptors (Lipinski definition) is 2. The van der Waals surface area contributed by atoms with Gasteiger partial charge in [-0.05, 0) is 40.8 Å². The first-order valence-electron chi connectivity index (χ1n) is 4.11. The fourth-order valence-corrected chi connectivity index (χ4v) is 1.78. The van der Waals surface area contributed by atoms with E-state index in [4.69, 9.17) is 16.3 Å². The number of ketones is 1. The van der Waals surface area contributed by atoms with E-state index in [1.165, 1.54) is 0 Å². The Bertz CT molecular complexity index is 339. The third-order valence-corrected chi connectivity index (χ3v) is 2.64. The Morgan fingerprint density at radius 1 is 1.57 bits per heavy atom. The lowest BCUT2D eigenvalue weighted by atomic mass is 10.1. The van der Waals surface area contributed by atoms with Crippen LogP contribution in [0, 0.1) is 3.57 Å². The quantitative estimate of drug-likeness (QED) is 0.483. The Morgan fingerprint density at radius 2 is 2.29 bits per heavy atom. The van der Waals surface area contributed by atoms with Gasteiger partial charge in [0.2, 0.25) is 0 Å². The topological polar surface area (TPSA) is 26.3 Å². The van der Waals surface area contributed by atoms with Crippen molar-refractivity contribution in [3.63, 3.8) is 0 Å². The van der Waals surface area contributed by atoms with Crippen molar-refractivity contribution in [1.82, 2.24) is 0 Å². The van der Waals surface area contributed by atoms with Gasteiger partial charge in [-0.25, -0.2) is 0 Å². The predicted molar refractivity (Wildman–Crippen MR) is 65.4 cm³/mol. The highest BCUT2D eigenvalue weighted by Crippen LogP contribution is 2.22. The third kappa shape index (κ3) is 2.85. The molecular formula is C10H10ClIO2. The van der Waals surface area contributed by atoms with E-state index in [2.05, 4.69) is 22.6 Å². The lowest BCUT2D eigenvalue weighted by Crippen LogP contribution is -2.03. The summed E-state index contributed by atoms with van der Waals surface area (Å²) >= 11 is 7.68. The maximum absolute atomic E-state index is 11.6. The average molecular weight is 325 g/mol. The summed E-state index contributed by atoms with van der Waals surface area (Å²) in [7, 11) is 1.56. The van der Waals surface area contributed by atoms with E-state index < -0.39 is 0 Å². The van der Waals surface area contributed by atoms with Crippen LogP contribution in [0.4, 0.5) is 0 Å².